The van der Waals surface area contributed by atoms with Gasteiger partial charge in [-0.1, -0.05) is 69.9 Å². The largest absolute Gasteiger partial charge is 0.281 e. The van der Waals surface area contributed by atoms with Gasteiger partial charge in [-0.05, 0) is 43.2 Å². The smallest absolute Gasteiger partial charge is 0.221 e. The Hall–Kier alpha value is -0.300. The van der Waals surface area contributed by atoms with Crippen LogP contribution in [0.2, 0.25) is 0 Å². The van der Waals surface area contributed by atoms with Crippen LogP contribution in [0.15, 0.2) is 12.2 Å². The number of unbranched alkanes of at least 4 members (excludes halogenated alkanes) is 9. The molecule has 0 N–H and O–H groups in total. The summed E-state index contributed by atoms with van der Waals surface area (Å²) in [6, 6.07) is 0. The van der Waals surface area contributed by atoms with Crippen molar-refractivity contribution < 1.29 is 4.79 Å². The number of halogens is 1. The van der Waals surface area contributed by atoms with Crippen molar-refractivity contribution in [1.29, 1.82) is 0 Å². The monoisotopic (exact) mass is 298 g/mol. The molecule has 0 saturated carbocycles. The molecule has 0 unspecified atom stereocenters. The zero-order valence-electron chi connectivity index (χ0n) is 12.9. The molecular weight excluding hydrogens is 268 g/mol. The Morgan fingerprint density at radius 3 is 1.95 bits per heavy atom. The Bertz CT molecular complexity index is 273. The molecule has 0 heterocycles. The van der Waals surface area contributed by atoms with Crippen molar-refractivity contribution in [2.24, 2.45) is 5.92 Å². The minimum atomic E-state index is -0.182. The molecule has 0 aliphatic heterocycles. The molecule has 116 valence electrons. The minimum absolute atomic E-state index is 0.182. The molecule has 0 amide bonds. The fourth-order valence-corrected chi connectivity index (χ4v) is 3.15. The highest BCUT2D eigenvalue weighted by Crippen LogP contribution is 2.23. The molecule has 0 saturated heterocycles. The number of hydrogen-bond donors (Lipinski definition) is 0. The van der Waals surface area contributed by atoms with Crippen molar-refractivity contribution in [3.8, 4) is 0 Å². The van der Waals surface area contributed by atoms with Gasteiger partial charge in [0.2, 0.25) is 5.24 Å². The van der Waals surface area contributed by atoms with E-state index in [0.717, 1.165) is 18.8 Å². The van der Waals surface area contributed by atoms with E-state index in [1.807, 2.05) is 0 Å². The topological polar surface area (TPSA) is 17.1 Å². The maximum atomic E-state index is 10.5. The molecular formula is C18H31ClO. The molecule has 1 aliphatic rings. The number of carbonyl (C=O) groups is 1. The van der Waals surface area contributed by atoms with Crippen molar-refractivity contribution in [3.63, 3.8) is 0 Å². The molecule has 0 aromatic rings. The highest BCUT2D eigenvalue weighted by molar-refractivity contribution is 6.63. The van der Waals surface area contributed by atoms with Gasteiger partial charge in [0.1, 0.15) is 0 Å². The molecule has 0 aromatic carbocycles. The highest BCUT2D eigenvalue weighted by Gasteiger charge is 2.07. The van der Waals surface area contributed by atoms with Crippen molar-refractivity contribution in [2.45, 2.75) is 89.9 Å². The van der Waals surface area contributed by atoms with Gasteiger partial charge in [-0.25, -0.2) is 0 Å². The van der Waals surface area contributed by atoms with Crippen LogP contribution in [0.4, 0.5) is 0 Å². The van der Waals surface area contributed by atoms with Crippen LogP contribution in [0, 0.1) is 5.92 Å². The molecule has 20 heavy (non-hydrogen) atoms. The highest BCUT2D eigenvalue weighted by atomic mass is 35.5. The summed E-state index contributed by atoms with van der Waals surface area (Å²) in [6.45, 7) is 0. The minimum Gasteiger partial charge on any atom is -0.281 e. The average Bonchev–Trinajstić information content (AvgIpc) is 2.93. The second-order valence-corrected chi connectivity index (χ2v) is 6.62. The molecule has 0 radical (unpaired) electrons. The van der Waals surface area contributed by atoms with E-state index in [1.165, 1.54) is 70.6 Å². The molecule has 0 spiro atoms. The third-order valence-electron chi connectivity index (χ3n) is 4.31. The van der Waals surface area contributed by atoms with E-state index in [1.54, 1.807) is 0 Å². The molecule has 0 bridgehead atoms. The van der Waals surface area contributed by atoms with E-state index in [4.69, 9.17) is 11.6 Å². The molecule has 0 aromatic heterocycles. The predicted octanol–water partition coefficient (Wildman–Crippen LogP) is 6.40. The summed E-state index contributed by atoms with van der Waals surface area (Å²) in [5, 5.41) is -0.182. The second kappa shape index (κ2) is 12.4. The van der Waals surface area contributed by atoms with E-state index in [2.05, 4.69) is 12.2 Å². The lowest BCUT2D eigenvalue weighted by molar-refractivity contribution is -0.111. The van der Waals surface area contributed by atoms with E-state index < -0.39 is 0 Å². The van der Waals surface area contributed by atoms with E-state index in [-0.39, 0.29) is 5.24 Å². The Balaban J connectivity index is 1.70. The van der Waals surface area contributed by atoms with Crippen LogP contribution >= 0.6 is 11.6 Å². The van der Waals surface area contributed by atoms with Gasteiger partial charge in [-0.3, -0.25) is 4.79 Å². The van der Waals surface area contributed by atoms with Gasteiger partial charge in [0, 0.05) is 6.42 Å². The van der Waals surface area contributed by atoms with Crippen molar-refractivity contribution in [2.75, 3.05) is 0 Å². The molecule has 1 nitrogen and oxygen atoms in total. The summed E-state index contributed by atoms with van der Waals surface area (Å²) in [5.74, 6) is 0.898. The van der Waals surface area contributed by atoms with Crippen LogP contribution in [0.25, 0.3) is 0 Å². The molecule has 2 heteroatoms. The van der Waals surface area contributed by atoms with Crippen LogP contribution in [0.1, 0.15) is 89.9 Å². The van der Waals surface area contributed by atoms with Crippen LogP contribution in [0.5, 0.6) is 0 Å². The fourth-order valence-electron chi connectivity index (χ4n) is 3.02. The number of allylic oxidation sites excluding steroid dienone is 2. The summed E-state index contributed by atoms with van der Waals surface area (Å²) < 4.78 is 0. The Morgan fingerprint density at radius 2 is 1.45 bits per heavy atom. The first-order valence-corrected chi connectivity index (χ1v) is 9.02. The fraction of sp³-hybridized carbons (Fsp3) is 0.833. The van der Waals surface area contributed by atoms with Gasteiger partial charge in [0.15, 0.2) is 0 Å². The first-order valence-electron chi connectivity index (χ1n) is 8.64. The lowest BCUT2D eigenvalue weighted by Crippen LogP contribution is -1.91. The number of hydrogen-bond acceptors (Lipinski definition) is 1. The third kappa shape index (κ3) is 10.5. The van der Waals surface area contributed by atoms with E-state index >= 15 is 0 Å². The zero-order valence-corrected chi connectivity index (χ0v) is 13.7. The standard InChI is InChI=1S/C18H31ClO/c19-18(20)16-10-8-6-4-2-1-3-5-7-9-13-17-14-11-12-15-17/h11,14,17H,1-10,12-13,15-16H2/t17-/m1/s1. The van der Waals surface area contributed by atoms with E-state index in [9.17, 15) is 4.79 Å². The molecule has 1 rings (SSSR count). The van der Waals surface area contributed by atoms with E-state index in [0.29, 0.717) is 6.42 Å². The zero-order chi connectivity index (χ0) is 14.5. The van der Waals surface area contributed by atoms with Crippen LogP contribution in [-0.4, -0.2) is 5.24 Å². The van der Waals surface area contributed by atoms with Gasteiger partial charge >= 0.3 is 0 Å². The van der Waals surface area contributed by atoms with Gasteiger partial charge < -0.3 is 0 Å². The number of carbonyl (C=O) groups excluding carboxylic acids is 1. The summed E-state index contributed by atoms with van der Waals surface area (Å²) in [5.41, 5.74) is 0. The van der Waals surface area contributed by atoms with Gasteiger partial charge in [-0.15, -0.1) is 0 Å². The summed E-state index contributed by atoms with van der Waals surface area (Å²) in [6.07, 6.45) is 22.5. The molecule has 1 atom stereocenters. The Morgan fingerprint density at radius 1 is 0.900 bits per heavy atom. The Labute approximate surface area is 130 Å². The Kier molecular flexibility index (Phi) is 11.0. The van der Waals surface area contributed by atoms with Gasteiger partial charge in [0.25, 0.3) is 0 Å². The SMILES string of the molecule is O=C(Cl)CCCCCCCCCCCC[C@@H]1C=CCC1. The van der Waals surface area contributed by atoms with Gasteiger partial charge in [0.05, 0.1) is 0 Å². The van der Waals surface area contributed by atoms with Crippen molar-refractivity contribution in [3.05, 3.63) is 12.2 Å². The average molecular weight is 299 g/mol. The third-order valence-corrected chi connectivity index (χ3v) is 4.50. The molecule has 1 aliphatic carbocycles. The summed E-state index contributed by atoms with van der Waals surface area (Å²) >= 11 is 5.30. The lowest BCUT2D eigenvalue weighted by atomic mass is 9.99. The van der Waals surface area contributed by atoms with Crippen LogP contribution in [0.3, 0.4) is 0 Å². The maximum Gasteiger partial charge on any atom is 0.221 e. The normalized spacial score (nSPS) is 17.8. The first kappa shape index (κ1) is 17.8. The molecule has 0 fully saturated rings. The van der Waals surface area contributed by atoms with Crippen LogP contribution in [-0.2, 0) is 4.79 Å². The quantitative estimate of drug-likeness (QED) is 0.218. The maximum absolute atomic E-state index is 10.5. The lowest BCUT2D eigenvalue weighted by Gasteiger charge is -2.06. The first-order chi connectivity index (χ1) is 9.79. The van der Waals surface area contributed by atoms with Gasteiger partial charge in [-0.2, -0.15) is 0 Å². The van der Waals surface area contributed by atoms with Crippen LogP contribution < -0.4 is 0 Å². The number of rotatable bonds is 13. The second-order valence-electron chi connectivity index (χ2n) is 6.19. The van der Waals surface area contributed by atoms with Crippen molar-refractivity contribution in [1.82, 2.24) is 0 Å². The summed E-state index contributed by atoms with van der Waals surface area (Å²) in [7, 11) is 0. The summed E-state index contributed by atoms with van der Waals surface area (Å²) in [4.78, 5) is 10.5. The van der Waals surface area contributed by atoms with Crippen molar-refractivity contribution >= 4 is 16.8 Å². The predicted molar refractivity (Wildman–Crippen MR) is 88.1 cm³/mol.